The fourth-order valence-electron chi connectivity index (χ4n) is 2.19. The van der Waals surface area contributed by atoms with Crippen molar-refractivity contribution in [2.75, 3.05) is 25.5 Å². The summed E-state index contributed by atoms with van der Waals surface area (Å²) in [6.45, 7) is 7.21. The first-order valence-electron chi connectivity index (χ1n) is 6.22. The van der Waals surface area contributed by atoms with Gasteiger partial charge in [0.05, 0.1) is 18.8 Å². The Labute approximate surface area is 113 Å². The highest BCUT2D eigenvalue weighted by molar-refractivity contribution is 7.89. The second-order valence-electron chi connectivity index (χ2n) is 5.18. The molecule has 0 aromatic carbocycles. The zero-order valence-corrected chi connectivity index (χ0v) is 12.3. The molecule has 2 rings (SSSR count). The summed E-state index contributed by atoms with van der Waals surface area (Å²) in [6.07, 6.45) is 1.48. The molecule has 1 aromatic heterocycles. The summed E-state index contributed by atoms with van der Waals surface area (Å²) in [6, 6.07) is 0. The molecular formula is C11H20N4O3S. The molecule has 2 heterocycles. The standard InChI is InChI=1S/C11H20N4O3S/c1-4-14-7-9(10(12)13-14)19(16,17)15-5-6-18-8-11(15,2)3/h7H,4-6,8H2,1-3H3,(H2,12,13). The SMILES string of the molecule is CCn1cc(S(=O)(=O)N2CCOCC2(C)C)c(N)n1. The van der Waals surface area contributed by atoms with Crippen LogP contribution in [0.2, 0.25) is 0 Å². The highest BCUT2D eigenvalue weighted by Gasteiger charge is 2.41. The number of aromatic nitrogens is 2. The molecule has 0 atom stereocenters. The fraction of sp³-hybridized carbons (Fsp3) is 0.727. The van der Waals surface area contributed by atoms with Gasteiger partial charge in [0.2, 0.25) is 10.0 Å². The van der Waals surface area contributed by atoms with Crippen molar-refractivity contribution < 1.29 is 13.2 Å². The predicted octanol–water partition coefficient (Wildman–Crippen LogP) is 0.285. The molecule has 19 heavy (non-hydrogen) atoms. The van der Waals surface area contributed by atoms with Crippen LogP contribution in [-0.2, 0) is 21.3 Å². The summed E-state index contributed by atoms with van der Waals surface area (Å²) in [5, 5.41) is 4.00. The van der Waals surface area contributed by atoms with Crippen molar-refractivity contribution >= 4 is 15.8 Å². The van der Waals surface area contributed by atoms with Crippen molar-refractivity contribution in [3.63, 3.8) is 0 Å². The van der Waals surface area contributed by atoms with E-state index < -0.39 is 15.6 Å². The minimum atomic E-state index is -3.64. The van der Waals surface area contributed by atoms with Gasteiger partial charge in [0.15, 0.2) is 5.82 Å². The van der Waals surface area contributed by atoms with Gasteiger partial charge in [-0.1, -0.05) is 0 Å². The monoisotopic (exact) mass is 288 g/mol. The molecule has 0 spiro atoms. The van der Waals surface area contributed by atoms with Crippen LogP contribution in [0, 0.1) is 0 Å². The van der Waals surface area contributed by atoms with Gasteiger partial charge in [-0.05, 0) is 20.8 Å². The third-order valence-corrected chi connectivity index (χ3v) is 5.34. The number of nitrogens with two attached hydrogens (primary N) is 1. The van der Waals surface area contributed by atoms with Crippen molar-refractivity contribution in [1.29, 1.82) is 0 Å². The third-order valence-electron chi connectivity index (χ3n) is 3.22. The average Bonchev–Trinajstić information content (AvgIpc) is 2.70. The van der Waals surface area contributed by atoms with Gasteiger partial charge in [-0.25, -0.2) is 8.42 Å². The maximum Gasteiger partial charge on any atom is 0.248 e. The molecule has 108 valence electrons. The van der Waals surface area contributed by atoms with Crippen LogP contribution in [0.5, 0.6) is 0 Å². The summed E-state index contributed by atoms with van der Waals surface area (Å²) in [4.78, 5) is 0.0734. The van der Waals surface area contributed by atoms with Crippen LogP contribution in [-0.4, -0.2) is 47.8 Å². The van der Waals surface area contributed by atoms with Gasteiger partial charge >= 0.3 is 0 Å². The van der Waals surface area contributed by atoms with Crippen molar-refractivity contribution in [2.24, 2.45) is 0 Å². The highest BCUT2D eigenvalue weighted by atomic mass is 32.2. The Morgan fingerprint density at radius 3 is 2.74 bits per heavy atom. The Morgan fingerprint density at radius 1 is 1.53 bits per heavy atom. The number of anilines is 1. The highest BCUT2D eigenvalue weighted by Crippen LogP contribution is 2.29. The van der Waals surface area contributed by atoms with Crippen molar-refractivity contribution in [3.8, 4) is 0 Å². The van der Waals surface area contributed by atoms with Crippen LogP contribution in [0.4, 0.5) is 5.82 Å². The Hall–Kier alpha value is -1.12. The summed E-state index contributed by atoms with van der Waals surface area (Å²) < 4.78 is 33.7. The maximum absolute atomic E-state index is 12.7. The molecule has 1 fully saturated rings. The predicted molar refractivity (Wildman–Crippen MR) is 71.1 cm³/mol. The van der Waals surface area contributed by atoms with Crippen molar-refractivity contribution in [3.05, 3.63) is 6.20 Å². The van der Waals surface area contributed by atoms with Gasteiger partial charge in [0, 0.05) is 19.3 Å². The van der Waals surface area contributed by atoms with Gasteiger partial charge in [-0.15, -0.1) is 0 Å². The fourth-order valence-corrected chi connectivity index (χ4v) is 4.00. The van der Waals surface area contributed by atoms with Gasteiger partial charge in [0.25, 0.3) is 0 Å². The molecule has 0 saturated carbocycles. The number of hydrogen-bond acceptors (Lipinski definition) is 5. The maximum atomic E-state index is 12.7. The van der Waals surface area contributed by atoms with Gasteiger partial charge < -0.3 is 10.5 Å². The van der Waals surface area contributed by atoms with E-state index in [4.69, 9.17) is 10.5 Å². The summed E-state index contributed by atoms with van der Waals surface area (Å²) in [5.41, 5.74) is 5.14. The molecule has 2 N–H and O–H groups in total. The molecular weight excluding hydrogens is 268 g/mol. The lowest BCUT2D eigenvalue weighted by Gasteiger charge is -2.40. The third kappa shape index (κ3) is 2.47. The molecule has 1 aromatic rings. The van der Waals surface area contributed by atoms with Gasteiger partial charge in [-0.2, -0.15) is 9.40 Å². The average molecular weight is 288 g/mol. The molecule has 0 aliphatic carbocycles. The lowest BCUT2D eigenvalue weighted by atomic mass is 10.1. The Balaban J connectivity index is 2.43. The molecule has 0 radical (unpaired) electrons. The number of rotatable bonds is 3. The number of nitrogen functional groups attached to an aromatic ring is 1. The van der Waals surface area contributed by atoms with Crippen LogP contribution in [0.1, 0.15) is 20.8 Å². The normalized spacial score (nSPS) is 20.6. The molecule has 8 heteroatoms. The van der Waals surface area contributed by atoms with E-state index in [0.717, 1.165) is 0 Å². The Bertz CT molecular complexity index is 564. The first-order chi connectivity index (χ1) is 8.79. The van der Waals surface area contributed by atoms with E-state index in [1.807, 2.05) is 20.8 Å². The van der Waals surface area contributed by atoms with E-state index in [1.165, 1.54) is 15.2 Å². The topological polar surface area (TPSA) is 90.5 Å². The summed E-state index contributed by atoms with van der Waals surface area (Å²) >= 11 is 0. The van der Waals surface area contributed by atoms with Crippen LogP contribution in [0.3, 0.4) is 0 Å². The summed E-state index contributed by atoms with van der Waals surface area (Å²) in [7, 11) is -3.64. The van der Waals surface area contributed by atoms with Gasteiger partial charge in [0.1, 0.15) is 4.90 Å². The van der Waals surface area contributed by atoms with E-state index in [0.29, 0.717) is 26.3 Å². The number of hydrogen-bond donors (Lipinski definition) is 1. The first-order valence-corrected chi connectivity index (χ1v) is 7.66. The minimum absolute atomic E-state index is 0.0455. The second-order valence-corrected chi connectivity index (χ2v) is 7.01. The molecule has 0 amide bonds. The number of aryl methyl sites for hydroxylation is 1. The number of ether oxygens (including phenoxy) is 1. The smallest absolute Gasteiger partial charge is 0.248 e. The van der Waals surface area contributed by atoms with Crippen LogP contribution >= 0.6 is 0 Å². The Morgan fingerprint density at radius 2 is 2.21 bits per heavy atom. The lowest BCUT2D eigenvalue weighted by Crippen LogP contribution is -2.55. The van der Waals surface area contributed by atoms with Crippen LogP contribution in [0.15, 0.2) is 11.1 Å². The lowest BCUT2D eigenvalue weighted by molar-refractivity contribution is -0.00769. The first kappa shape index (κ1) is 14.3. The van der Waals surface area contributed by atoms with E-state index in [1.54, 1.807) is 0 Å². The zero-order chi connectivity index (χ0) is 14.3. The zero-order valence-electron chi connectivity index (χ0n) is 11.5. The quantitative estimate of drug-likeness (QED) is 0.863. The molecule has 0 bridgehead atoms. The van der Waals surface area contributed by atoms with Crippen LogP contribution < -0.4 is 5.73 Å². The van der Waals surface area contributed by atoms with E-state index in [-0.39, 0.29) is 10.7 Å². The van der Waals surface area contributed by atoms with Crippen molar-refractivity contribution in [2.45, 2.75) is 37.8 Å². The molecule has 1 aliphatic heterocycles. The molecule has 0 unspecified atom stereocenters. The molecule has 1 saturated heterocycles. The van der Waals surface area contributed by atoms with Crippen molar-refractivity contribution in [1.82, 2.24) is 14.1 Å². The molecule has 1 aliphatic rings. The van der Waals surface area contributed by atoms with Gasteiger partial charge in [-0.3, -0.25) is 4.68 Å². The van der Waals surface area contributed by atoms with E-state index in [2.05, 4.69) is 5.10 Å². The van der Waals surface area contributed by atoms with E-state index >= 15 is 0 Å². The number of sulfonamides is 1. The van der Waals surface area contributed by atoms with E-state index in [9.17, 15) is 8.42 Å². The Kier molecular flexibility index (Phi) is 3.59. The minimum Gasteiger partial charge on any atom is -0.381 e. The second kappa shape index (κ2) is 4.77. The summed E-state index contributed by atoms with van der Waals surface area (Å²) in [5.74, 6) is 0.0455. The number of morpholine rings is 1. The van der Waals surface area contributed by atoms with Crippen LogP contribution in [0.25, 0.3) is 0 Å². The largest absolute Gasteiger partial charge is 0.381 e. The number of nitrogens with zero attached hydrogens (tertiary/aromatic N) is 3. The molecule has 7 nitrogen and oxygen atoms in total.